The summed E-state index contributed by atoms with van der Waals surface area (Å²) in [5.41, 5.74) is 6.65. The van der Waals surface area contributed by atoms with Gasteiger partial charge in [-0.2, -0.15) is 0 Å². The summed E-state index contributed by atoms with van der Waals surface area (Å²) in [5.74, 6) is -1.20. The Labute approximate surface area is 121 Å². The first-order valence-electron chi connectivity index (χ1n) is 6.26. The van der Waals surface area contributed by atoms with Gasteiger partial charge in [-0.25, -0.2) is 4.98 Å². The van der Waals surface area contributed by atoms with Gasteiger partial charge in [0.2, 0.25) is 0 Å². The maximum Gasteiger partial charge on any atom is 0.275 e. The topological polar surface area (TPSA) is 94.3 Å². The van der Waals surface area contributed by atoms with E-state index >= 15 is 0 Å². The molecule has 0 fully saturated rings. The lowest BCUT2D eigenvalue weighted by Gasteiger charge is -2.09. The molecule has 0 atom stereocenters. The van der Waals surface area contributed by atoms with Crippen molar-refractivity contribution in [2.24, 2.45) is 5.73 Å². The molecule has 108 valence electrons. The molecule has 0 radical (unpaired) electrons. The molecule has 2 rings (SSSR count). The third kappa shape index (κ3) is 3.64. The van der Waals surface area contributed by atoms with Gasteiger partial charge < -0.3 is 15.8 Å². The molecule has 0 aliphatic carbocycles. The van der Waals surface area contributed by atoms with Crippen molar-refractivity contribution in [3.05, 3.63) is 59.4 Å². The number of carbonyl (C=O) groups excluding carboxylic acids is 2. The van der Waals surface area contributed by atoms with Crippen LogP contribution in [-0.2, 0) is 11.3 Å². The molecule has 0 unspecified atom stereocenters. The summed E-state index contributed by atoms with van der Waals surface area (Å²) in [6.07, 6.45) is 1.48. The highest BCUT2D eigenvalue weighted by Crippen LogP contribution is 2.13. The van der Waals surface area contributed by atoms with E-state index in [2.05, 4.69) is 10.3 Å². The second-order valence-electron chi connectivity index (χ2n) is 4.36. The number of anilines is 1. The maximum absolute atomic E-state index is 12.2. The molecule has 0 bridgehead atoms. The Kier molecular flexibility index (Phi) is 4.63. The molecule has 6 nitrogen and oxygen atoms in total. The fourth-order valence-electron chi connectivity index (χ4n) is 1.83. The van der Waals surface area contributed by atoms with E-state index in [1.54, 1.807) is 24.3 Å². The van der Waals surface area contributed by atoms with Gasteiger partial charge in [0.1, 0.15) is 5.69 Å². The van der Waals surface area contributed by atoms with E-state index in [-0.39, 0.29) is 17.9 Å². The summed E-state index contributed by atoms with van der Waals surface area (Å²) in [4.78, 5) is 27.7. The number of para-hydroxylation sites is 1. The van der Waals surface area contributed by atoms with Crippen LogP contribution in [0, 0.1) is 0 Å². The van der Waals surface area contributed by atoms with E-state index in [0.29, 0.717) is 11.3 Å². The molecular formula is C15H15N3O3. The Bertz CT molecular complexity index is 656. The Morgan fingerprint density at radius 1 is 1.29 bits per heavy atom. The van der Waals surface area contributed by atoms with E-state index in [1.165, 1.54) is 19.4 Å². The predicted molar refractivity (Wildman–Crippen MR) is 77.9 cm³/mol. The fraction of sp³-hybridized carbons (Fsp3) is 0.133. The van der Waals surface area contributed by atoms with Gasteiger partial charge in [0.05, 0.1) is 12.2 Å². The standard InChI is InChI=1S/C15H15N3O3/c1-21-9-10-7-12(14(16)19)13(17-8-10)15(20)18-11-5-3-2-4-6-11/h2-8H,9H2,1H3,(H2,16,19)(H,18,20). The van der Waals surface area contributed by atoms with Crippen molar-refractivity contribution in [1.82, 2.24) is 4.98 Å². The lowest BCUT2D eigenvalue weighted by molar-refractivity contribution is 0.0973. The number of hydrogen-bond acceptors (Lipinski definition) is 4. The molecule has 0 saturated heterocycles. The molecule has 0 aliphatic heterocycles. The lowest BCUT2D eigenvalue weighted by Crippen LogP contribution is -2.22. The van der Waals surface area contributed by atoms with Gasteiger partial charge in [-0.1, -0.05) is 18.2 Å². The van der Waals surface area contributed by atoms with Crippen LogP contribution in [0.25, 0.3) is 0 Å². The number of benzene rings is 1. The van der Waals surface area contributed by atoms with Crippen LogP contribution < -0.4 is 11.1 Å². The minimum Gasteiger partial charge on any atom is -0.380 e. The van der Waals surface area contributed by atoms with E-state index in [1.807, 2.05) is 6.07 Å². The molecule has 2 aromatic rings. The number of amides is 2. The van der Waals surface area contributed by atoms with Crippen LogP contribution in [0.4, 0.5) is 5.69 Å². The monoisotopic (exact) mass is 285 g/mol. The molecule has 1 aromatic carbocycles. The average molecular weight is 285 g/mol. The van der Waals surface area contributed by atoms with Crippen LogP contribution in [0.3, 0.4) is 0 Å². The molecule has 6 heteroatoms. The van der Waals surface area contributed by atoms with Gasteiger partial charge in [-0.05, 0) is 23.8 Å². The van der Waals surface area contributed by atoms with Crippen molar-refractivity contribution in [1.29, 1.82) is 0 Å². The molecule has 3 N–H and O–H groups in total. The summed E-state index contributed by atoms with van der Waals surface area (Å²) < 4.78 is 4.97. The molecule has 0 aliphatic rings. The number of hydrogen-bond donors (Lipinski definition) is 2. The van der Waals surface area contributed by atoms with Crippen molar-refractivity contribution in [3.63, 3.8) is 0 Å². The van der Waals surface area contributed by atoms with Gasteiger partial charge in [-0.15, -0.1) is 0 Å². The molecule has 1 heterocycles. The Morgan fingerprint density at radius 3 is 2.62 bits per heavy atom. The van der Waals surface area contributed by atoms with E-state index in [9.17, 15) is 9.59 Å². The number of ether oxygens (including phenoxy) is 1. The third-order valence-corrected chi connectivity index (χ3v) is 2.77. The number of nitrogens with one attached hydrogen (secondary N) is 1. The molecule has 1 aromatic heterocycles. The fourth-order valence-corrected chi connectivity index (χ4v) is 1.83. The number of methoxy groups -OCH3 is 1. The second kappa shape index (κ2) is 6.62. The summed E-state index contributed by atoms with van der Waals surface area (Å²) in [6, 6.07) is 10.4. The second-order valence-corrected chi connectivity index (χ2v) is 4.36. The first-order chi connectivity index (χ1) is 10.1. The highest BCUT2D eigenvalue weighted by Gasteiger charge is 2.17. The van der Waals surface area contributed by atoms with Crippen molar-refractivity contribution in [2.45, 2.75) is 6.61 Å². The van der Waals surface area contributed by atoms with E-state index in [0.717, 1.165) is 0 Å². The molecule has 2 amide bonds. The predicted octanol–water partition coefficient (Wildman–Crippen LogP) is 1.58. The van der Waals surface area contributed by atoms with Crippen LogP contribution in [0.15, 0.2) is 42.6 Å². The third-order valence-electron chi connectivity index (χ3n) is 2.77. The first kappa shape index (κ1) is 14.7. The summed E-state index contributed by atoms with van der Waals surface area (Å²) in [6.45, 7) is 0.286. The van der Waals surface area contributed by atoms with E-state index < -0.39 is 11.8 Å². The molecule has 21 heavy (non-hydrogen) atoms. The minimum atomic E-state index is -0.710. The number of rotatable bonds is 5. The maximum atomic E-state index is 12.2. The average Bonchev–Trinajstić information content (AvgIpc) is 2.48. The van der Waals surface area contributed by atoms with Crippen LogP contribution >= 0.6 is 0 Å². The molecule has 0 saturated carbocycles. The first-order valence-corrected chi connectivity index (χ1v) is 6.26. The smallest absolute Gasteiger partial charge is 0.275 e. The van der Waals surface area contributed by atoms with Crippen molar-refractivity contribution in [3.8, 4) is 0 Å². The van der Waals surface area contributed by atoms with Gasteiger partial charge in [0, 0.05) is 19.0 Å². The number of pyridine rings is 1. The Balaban J connectivity index is 2.29. The Hall–Kier alpha value is -2.73. The summed E-state index contributed by atoms with van der Waals surface area (Å²) >= 11 is 0. The largest absolute Gasteiger partial charge is 0.380 e. The van der Waals surface area contributed by atoms with Crippen LogP contribution in [0.2, 0.25) is 0 Å². The zero-order valence-corrected chi connectivity index (χ0v) is 11.5. The highest BCUT2D eigenvalue weighted by atomic mass is 16.5. The van der Waals surface area contributed by atoms with E-state index in [4.69, 9.17) is 10.5 Å². The number of nitrogens with zero attached hydrogens (tertiary/aromatic N) is 1. The number of nitrogens with two attached hydrogens (primary N) is 1. The van der Waals surface area contributed by atoms with Gasteiger partial charge in [0.25, 0.3) is 11.8 Å². The summed E-state index contributed by atoms with van der Waals surface area (Å²) in [7, 11) is 1.53. The number of primary amides is 1. The van der Waals surface area contributed by atoms with Crippen molar-refractivity contribution in [2.75, 3.05) is 12.4 Å². The van der Waals surface area contributed by atoms with Crippen molar-refractivity contribution < 1.29 is 14.3 Å². The van der Waals surface area contributed by atoms with Crippen LogP contribution in [-0.4, -0.2) is 23.9 Å². The SMILES string of the molecule is COCc1cnc(C(=O)Nc2ccccc2)c(C(N)=O)c1. The van der Waals surface area contributed by atoms with Crippen LogP contribution in [0.1, 0.15) is 26.4 Å². The van der Waals surface area contributed by atoms with Gasteiger partial charge >= 0.3 is 0 Å². The zero-order chi connectivity index (χ0) is 15.2. The number of aromatic nitrogens is 1. The quantitative estimate of drug-likeness (QED) is 0.872. The van der Waals surface area contributed by atoms with Crippen molar-refractivity contribution >= 4 is 17.5 Å². The number of carbonyl (C=O) groups is 2. The van der Waals surface area contributed by atoms with Crippen LogP contribution in [0.5, 0.6) is 0 Å². The Morgan fingerprint density at radius 2 is 2.00 bits per heavy atom. The highest BCUT2D eigenvalue weighted by molar-refractivity contribution is 6.10. The molecule has 0 spiro atoms. The lowest BCUT2D eigenvalue weighted by atomic mass is 10.1. The molecular weight excluding hydrogens is 270 g/mol. The van der Waals surface area contributed by atoms with Gasteiger partial charge in [-0.3, -0.25) is 9.59 Å². The minimum absolute atomic E-state index is 0.00814. The van der Waals surface area contributed by atoms with Gasteiger partial charge in [0.15, 0.2) is 0 Å². The normalized spacial score (nSPS) is 10.1. The zero-order valence-electron chi connectivity index (χ0n) is 11.5. The summed E-state index contributed by atoms with van der Waals surface area (Å²) in [5, 5.41) is 2.66.